The largest absolute Gasteiger partial charge is 0.352 e. The molecule has 0 radical (unpaired) electrons. The van der Waals surface area contributed by atoms with Crippen LogP contribution in [0.1, 0.15) is 42.5 Å². The lowest BCUT2D eigenvalue weighted by atomic mass is 10.1. The van der Waals surface area contributed by atoms with Crippen LogP contribution in [0.3, 0.4) is 0 Å². The molecule has 152 valence electrons. The van der Waals surface area contributed by atoms with Crippen molar-refractivity contribution in [2.24, 2.45) is 0 Å². The second-order valence-electron chi connectivity index (χ2n) is 6.96. The van der Waals surface area contributed by atoms with Crippen LogP contribution in [0.2, 0.25) is 5.02 Å². The number of anilines is 2. The molecule has 29 heavy (non-hydrogen) atoms. The molecule has 0 atom stereocenters. The maximum absolute atomic E-state index is 12.3. The third-order valence-corrected chi connectivity index (χ3v) is 5.01. The number of nitrogens with one attached hydrogen (secondary N) is 2. The van der Waals surface area contributed by atoms with Gasteiger partial charge in [-0.2, -0.15) is 0 Å². The van der Waals surface area contributed by atoms with Crippen LogP contribution in [0.5, 0.6) is 0 Å². The Morgan fingerprint density at radius 1 is 1.00 bits per heavy atom. The highest BCUT2D eigenvalue weighted by Gasteiger charge is 2.19. The first kappa shape index (κ1) is 20.9. The second kappa shape index (κ2) is 10.1. The van der Waals surface area contributed by atoms with Crippen molar-refractivity contribution in [1.82, 2.24) is 5.32 Å². The lowest BCUT2D eigenvalue weighted by Gasteiger charge is -2.26. The van der Waals surface area contributed by atoms with E-state index in [1.165, 1.54) is 0 Å². The molecule has 3 amide bonds. The van der Waals surface area contributed by atoms with Crippen molar-refractivity contribution in [2.75, 3.05) is 23.3 Å². The van der Waals surface area contributed by atoms with Crippen LogP contribution in [0.15, 0.2) is 48.5 Å². The molecule has 0 aromatic heterocycles. The number of amides is 3. The molecule has 1 fully saturated rings. The molecule has 1 aliphatic rings. The quantitative estimate of drug-likeness (QED) is 0.673. The number of rotatable bonds is 7. The molecule has 6 nitrogen and oxygen atoms in total. The summed E-state index contributed by atoms with van der Waals surface area (Å²) in [6.45, 7) is 1.13. The lowest BCUT2D eigenvalue weighted by Crippen LogP contribution is -2.35. The summed E-state index contributed by atoms with van der Waals surface area (Å²) in [6.07, 6.45) is 3.35. The molecule has 1 saturated heterocycles. The number of halogens is 1. The normalized spacial score (nSPS) is 13.8. The second-order valence-corrected chi connectivity index (χ2v) is 7.40. The van der Waals surface area contributed by atoms with Gasteiger partial charge in [-0.25, -0.2) is 0 Å². The van der Waals surface area contributed by atoms with Crippen molar-refractivity contribution in [3.8, 4) is 0 Å². The fourth-order valence-electron chi connectivity index (χ4n) is 3.18. The molecule has 7 heteroatoms. The maximum atomic E-state index is 12.3. The molecule has 1 heterocycles. The molecule has 2 N–H and O–H groups in total. The Kier molecular flexibility index (Phi) is 7.25. The van der Waals surface area contributed by atoms with Crippen LogP contribution in [0.25, 0.3) is 0 Å². The molecule has 0 unspecified atom stereocenters. The van der Waals surface area contributed by atoms with Gasteiger partial charge in [0.1, 0.15) is 0 Å². The Balaban J connectivity index is 1.40. The van der Waals surface area contributed by atoms with Gasteiger partial charge in [0.2, 0.25) is 11.8 Å². The Morgan fingerprint density at radius 3 is 2.41 bits per heavy atom. The Hall–Kier alpha value is -2.86. The van der Waals surface area contributed by atoms with Crippen molar-refractivity contribution >= 4 is 40.7 Å². The van der Waals surface area contributed by atoms with Gasteiger partial charge in [-0.15, -0.1) is 0 Å². The number of carbonyl (C=O) groups excluding carboxylic acids is 3. The van der Waals surface area contributed by atoms with E-state index in [1.54, 1.807) is 53.4 Å². The third kappa shape index (κ3) is 6.06. The highest BCUT2D eigenvalue weighted by molar-refractivity contribution is 6.30. The zero-order chi connectivity index (χ0) is 20.6. The van der Waals surface area contributed by atoms with E-state index in [0.717, 1.165) is 25.1 Å². The summed E-state index contributed by atoms with van der Waals surface area (Å²) in [4.78, 5) is 37.9. The molecule has 0 aliphatic carbocycles. The van der Waals surface area contributed by atoms with Crippen molar-refractivity contribution < 1.29 is 14.4 Å². The minimum atomic E-state index is -0.195. The summed E-state index contributed by atoms with van der Waals surface area (Å²) in [5.41, 5.74) is 2.05. The van der Waals surface area contributed by atoms with Crippen molar-refractivity contribution in [2.45, 2.75) is 32.1 Å². The van der Waals surface area contributed by atoms with E-state index in [0.29, 0.717) is 42.1 Å². The van der Waals surface area contributed by atoms with Crippen LogP contribution in [0.4, 0.5) is 11.4 Å². The van der Waals surface area contributed by atoms with E-state index in [1.807, 2.05) is 0 Å². The van der Waals surface area contributed by atoms with E-state index in [9.17, 15) is 14.4 Å². The van der Waals surface area contributed by atoms with E-state index in [4.69, 9.17) is 11.6 Å². The summed E-state index contributed by atoms with van der Waals surface area (Å²) in [5.74, 6) is -0.179. The summed E-state index contributed by atoms with van der Waals surface area (Å²) in [7, 11) is 0. The number of nitrogens with zero attached hydrogens (tertiary/aromatic N) is 1. The van der Waals surface area contributed by atoms with Gasteiger partial charge >= 0.3 is 0 Å². The van der Waals surface area contributed by atoms with Crippen molar-refractivity contribution in [3.63, 3.8) is 0 Å². The molecule has 2 aromatic carbocycles. The topological polar surface area (TPSA) is 78.5 Å². The average molecular weight is 414 g/mol. The highest BCUT2D eigenvalue weighted by atomic mass is 35.5. The van der Waals surface area contributed by atoms with Gasteiger partial charge in [0.15, 0.2) is 0 Å². The molecule has 0 spiro atoms. The highest BCUT2D eigenvalue weighted by Crippen LogP contribution is 2.21. The van der Waals surface area contributed by atoms with Crippen LogP contribution in [0, 0.1) is 0 Å². The van der Waals surface area contributed by atoms with Gasteiger partial charge in [-0.05, 0) is 67.8 Å². The van der Waals surface area contributed by atoms with Crippen molar-refractivity contribution in [1.29, 1.82) is 0 Å². The third-order valence-electron chi connectivity index (χ3n) is 4.76. The zero-order valence-corrected chi connectivity index (χ0v) is 16.9. The maximum Gasteiger partial charge on any atom is 0.251 e. The number of hydrogen-bond donors (Lipinski definition) is 2. The number of benzene rings is 2. The molecular weight excluding hydrogens is 390 g/mol. The number of hydrogen-bond acceptors (Lipinski definition) is 3. The van der Waals surface area contributed by atoms with Gasteiger partial charge in [0, 0.05) is 47.9 Å². The SMILES string of the molecule is O=C(CCCNC(=O)c1ccc(N2CCCCC2=O)cc1)Nc1ccc(Cl)cc1. The number of piperidine rings is 1. The molecular formula is C22H24ClN3O3. The van der Waals surface area contributed by atoms with Crippen LogP contribution >= 0.6 is 11.6 Å². The first-order valence-corrected chi connectivity index (χ1v) is 10.1. The Bertz CT molecular complexity index is 866. The van der Waals surface area contributed by atoms with Crippen LogP contribution < -0.4 is 15.5 Å². The monoisotopic (exact) mass is 413 g/mol. The van der Waals surface area contributed by atoms with E-state index in [-0.39, 0.29) is 17.7 Å². The fourth-order valence-corrected chi connectivity index (χ4v) is 3.31. The Morgan fingerprint density at radius 2 is 1.72 bits per heavy atom. The minimum Gasteiger partial charge on any atom is -0.352 e. The van der Waals surface area contributed by atoms with E-state index in [2.05, 4.69) is 10.6 Å². The van der Waals surface area contributed by atoms with Gasteiger partial charge in [0.25, 0.3) is 5.91 Å². The summed E-state index contributed by atoms with van der Waals surface area (Å²) >= 11 is 5.82. The predicted octanol–water partition coefficient (Wildman–Crippen LogP) is 4.01. The lowest BCUT2D eigenvalue weighted by molar-refractivity contribution is -0.119. The van der Waals surface area contributed by atoms with Gasteiger partial charge in [-0.3, -0.25) is 14.4 Å². The van der Waals surface area contributed by atoms with E-state index >= 15 is 0 Å². The Labute approximate surface area is 175 Å². The zero-order valence-electron chi connectivity index (χ0n) is 16.1. The van der Waals surface area contributed by atoms with Gasteiger partial charge in [-0.1, -0.05) is 11.6 Å². The molecule has 2 aromatic rings. The van der Waals surface area contributed by atoms with Gasteiger partial charge in [0.05, 0.1) is 0 Å². The van der Waals surface area contributed by atoms with E-state index < -0.39 is 0 Å². The average Bonchev–Trinajstić information content (AvgIpc) is 2.73. The predicted molar refractivity (Wildman–Crippen MR) is 114 cm³/mol. The van der Waals surface area contributed by atoms with Crippen LogP contribution in [-0.4, -0.2) is 30.8 Å². The van der Waals surface area contributed by atoms with Crippen molar-refractivity contribution in [3.05, 3.63) is 59.1 Å². The summed E-state index contributed by atoms with van der Waals surface area (Å²) < 4.78 is 0. The molecule has 1 aliphatic heterocycles. The molecule has 0 saturated carbocycles. The van der Waals surface area contributed by atoms with Crippen LogP contribution in [-0.2, 0) is 9.59 Å². The van der Waals surface area contributed by atoms with Gasteiger partial charge < -0.3 is 15.5 Å². The summed E-state index contributed by atoms with van der Waals surface area (Å²) in [5, 5.41) is 6.22. The molecule has 0 bridgehead atoms. The first-order valence-electron chi connectivity index (χ1n) is 9.77. The molecule has 3 rings (SSSR count). The number of carbonyl (C=O) groups is 3. The standard InChI is InChI=1S/C22H24ClN3O3/c23-17-8-10-18(11-9-17)25-20(27)4-3-14-24-22(29)16-6-12-19(13-7-16)26-15-2-1-5-21(26)28/h6-13H,1-5,14-15H2,(H,24,29)(H,25,27). The fraction of sp³-hybridized carbons (Fsp3) is 0.318. The minimum absolute atomic E-state index is 0.114. The summed E-state index contributed by atoms with van der Waals surface area (Å²) in [6, 6.07) is 14.0. The first-order chi connectivity index (χ1) is 14.0. The smallest absolute Gasteiger partial charge is 0.251 e.